The first-order valence-electron chi connectivity index (χ1n) is 5.09. The van der Waals surface area contributed by atoms with Crippen LogP contribution >= 0.6 is 11.6 Å². The first-order valence-corrected chi connectivity index (χ1v) is 5.47. The van der Waals surface area contributed by atoms with Crippen molar-refractivity contribution in [3.8, 4) is 0 Å². The van der Waals surface area contributed by atoms with Crippen molar-refractivity contribution in [1.29, 1.82) is 0 Å². The zero-order chi connectivity index (χ0) is 11.5. The van der Waals surface area contributed by atoms with Crippen LogP contribution in [0.5, 0.6) is 0 Å². The number of carbonyl (C=O) groups is 1. The topological polar surface area (TPSA) is 41.1 Å². The second kappa shape index (κ2) is 4.80. The van der Waals surface area contributed by atoms with Crippen molar-refractivity contribution < 1.29 is 9.18 Å². The van der Waals surface area contributed by atoms with Crippen LogP contribution in [0.1, 0.15) is 12.0 Å². The highest BCUT2D eigenvalue weighted by molar-refractivity contribution is 6.31. The molecule has 1 fully saturated rings. The molecule has 3 nitrogen and oxygen atoms in total. The molecule has 1 aliphatic rings. The van der Waals surface area contributed by atoms with E-state index in [0.717, 1.165) is 0 Å². The molecule has 1 saturated heterocycles. The average Bonchev–Trinajstić information content (AvgIpc) is 2.66. The van der Waals surface area contributed by atoms with Gasteiger partial charge in [-0.25, -0.2) is 4.39 Å². The minimum absolute atomic E-state index is 0.0443. The van der Waals surface area contributed by atoms with Gasteiger partial charge in [-0.3, -0.25) is 4.79 Å². The lowest BCUT2D eigenvalue weighted by Gasteiger charge is -2.11. The SMILES string of the molecule is O=C1CC(NCc2cc(F)ccc2Cl)CN1. The van der Waals surface area contributed by atoms with Gasteiger partial charge in [0.05, 0.1) is 0 Å². The molecule has 0 bridgehead atoms. The minimum Gasteiger partial charge on any atom is -0.354 e. The van der Waals surface area contributed by atoms with Gasteiger partial charge in [0.25, 0.3) is 0 Å². The molecule has 0 radical (unpaired) electrons. The lowest BCUT2D eigenvalue weighted by Crippen LogP contribution is -2.30. The Morgan fingerprint density at radius 3 is 3.06 bits per heavy atom. The molecule has 16 heavy (non-hydrogen) atoms. The number of hydrogen-bond donors (Lipinski definition) is 2. The van der Waals surface area contributed by atoms with Crippen LogP contribution in [0.3, 0.4) is 0 Å². The van der Waals surface area contributed by atoms with Gasteiger partial charge >= 0.3 is 0 Å². The molecule has 2 rings (SSSR count). The van der Waals surface area contributed by atoms with Gasteiger partial charge in [0.2, 0.25) is 5.91 Å². The van der Waals surface area contributed by atoms with E-state index in [0.29, 0.717) is 30.1 Å². The summed E-state index contributed by atoms with van der Waals surface area (Å²) in [4.78, 5) is 10.9. The average molecular weight is 243 g/mol. The maximum absolute atomic E-state index is 13.0. The lowest BCUT2D eigenvalue weighted by atomic mass is 10.2. The Labute approximate surface area is 98.0 Å². The highest BCUT2D eigenvalue weighted by Gasteiger charge is 2.20. The molecule has 1 unspecified atom stereocenters. The Morgan fingerprint density at radius 2 is 2.38 bits per heavy atom. The summed E-state index contributed by atoms with van der Waals surface area (Å²) in [6, 6.07) is 4.37. The van der Waals surface area contributed by atoms with Gasteiger partial charge in [0.1, 0.15) is 5.82 Å². The number of nitrogens with one attached hydrogen (secondary N) is 2. The minimum atomic E-state index is -0.304. The van der Waals surface area contributed by atoms with E-state index in [9.17, 15) is 9.18 Å². The van der Waals surface area contributed by atoms with E-state index in [-0.39, 0.29) is 17.8 Å². The Kier molecular flexibility index (Phi) is 3.41. The number of halogens is 2. The van der Waals surface area contributed by atoms with Gasteiger partial charge in [-0.1, -0.05) is 11.6 Å². The van der Waals surface area contributed by atoms with Gasteiger partial charge < -0.3 is 10.6 Å². The van der Waals surface area contributed by atoms with Crippen LogP contribution in [0.4, 0.5) is 4.39 Å². The maximum atomic E-state index is 13.0. The van der Waals surface area contributed by atoms with E-state index in [1.807, 2.05) is 0 Å². The number of carbonyl (C=O) groups excluding carboxylic acids is 1. The highest BCUT2D eigenvalue weighted by Crippen LogP contribution is 2.17. The predicted octanol–water partition coefficient (Wildman–Crippen LogP) is 1.46. The normalized spacial score (nSPS) is 19.9. The fourth-order valence-corrected chi connectivity index (χ4v) is 1.87. The van der Waals surface area contributed by atoms with E-state index in [2.05, 4.69) is 10.6 Å². The van der Waals surface area contributed by atoms with Crippen LogP contribution in [-0.4, -0.2) is 18.5 Å². The Bertz CT molecular complexity index is 411. The molecule has 1 aliphatic heterocycles. The van der Waals surface area contributed by atoms with E-state index >= 15 is 0 Å². The van der Waals surface area contributed by atoms with Crippen LogP contribution in [0.15, 0.2) is 18.2 Å². The van der Waals surface area contributed by atoms with Crippen LogP contribution in [0, 0.1) is 5.82 Å². The largest absolute Gasteiger partial charge is 0.354 e. The molecule has 0 aromatic heterocycles. The van der Waals surface area contributed by atoms with Gasteiger partial charge in [-0.05, 0) is 23.8 Å². The maximum Gasteiger partial charge on any atom is 0.221 e. The molecular weight excluding hydrogens is 231 g/mol. The monoisotopic (exact) mass is 242 g/mol. The quantitative estimate of drug-likeness (QED) is 0.843. The summed E-state index contributed by atoms with van der Waals surface area (Å²) in [5.41, 5.74) is 0.709. The number of amides is 1. The third kappa shape index (κ3) is 2.71. The highest BCUT2D eigenvalue weighted by atomic mass is 35.5. The van der Waals surface area contributed by atoms with E-state index in [1.54, 1.807) is 0 Å². The van der Waals surface area contributed by atoms with Crippen molar-refractivity contribution in [2.45, 2.75) is 19.0 Å². The van der Waals surface area contributed by atoms with Gasteiger partial charge in [0.15, 0.2) is 0 Å². The molecule has 1 heterocycles. The summed E-state index contributed by atoms with van der Waals surface area (Å²) in [5.74, 6) is -0.260. The third-order valence-electron chi connectivity index (χ3n) is 2.57. The molecule has 2 N–H and O–H groups in total. The predicted molar refractivity (Wildman–Crippen MR) is 59.7 cm³/mol. The van der Waals surface area contributed by atoms with Crippen molar-refractivity contribution in [3.63, 3.8) is 0 Å². The first kappa shape index (κ1) is 11.4. The standard InChI is InChI=1S/C11H12ClFN2O/c12-10-2-1-8(13)3-7(10)5-14-9-4-11(16)15-6-9/h1-3,9,14H,4-6H2,(H,15,16). The summed E-state index contributed by atoms with van der Waals surface area (Å²) in [6.07, 6.45) is 0.465. The first-order chi connectivity index (χ1) is 7.65. The molecule has 86 valence electrons. The van der Waals surface area contributed by atoms with Gasteiger partial charge in [-0.15, -0.1) is 0 Å². The smallest absolute Gasteiger partial charge is 0.221 e. The summed E-state index contributed by atoms with van der Waals surface area (Å²) in [6.45, 7) is 1.09. The third-order valence-corrected chi connectivity index (χ3v) is 2.94. The molecule has 1 aromatic rings. The van der Waals surface area contributed by atoms with E-state index in [1.165, 1.54) is 18.2 Å². The summed E-state index contributed by atoms with van der Waals surface area (Å²) >= 11 is 5.92. The fourth-order valence-electron chi connectivity index (χ4n) is 1.68. The number of hydrogen-bond acceptors (Lipinski definition) is 2. The number of benzene rings is 1. The Morgan fingerprint density at radius 1 is 1.56 bits per heavy atom. The molecule has 1 aromatic carbocycles. The summed E-state index contributed by atoms with van der Waals surface area (Å²) < 4.78 is 13.0. The van der Waals surface area contributed by atoms with E-state index < -0.39 is 0 Å². The molecular formula is C11H12ClFN2O. The van der Waals surface area contributed by atoms with Crippen molar-refractivity contribution in [2.75, 3.05) is 6.54 Å². The fraction of sp³-hybridized carbons (Fsp3) is 0.364. The van der Waals surface area contributed by atoms with Crippen LogP contribution in [-0.2, 0) is 11.3 Å². The lowest BCUT2D eigenvalue weighted by molar-refractivity contribution is -0.119. The molecule has 0 aliphatic carbocycles. The van der Waals surface area contributed by atoms with Gasteiger partial charge in [-0.2, -0.15) is 0 Å². The Hall–Kier alpha value is -1.13. The van der Waals surface area contributed by atoms with Crippen molar-refractivity contribution in [3.05, 3.63) is 34.6 Å². The van der Waals surface area contributed by atoms with Crippen molar-refractivity contribution in [1.82, 2.24) is 10.6 Å². The summed E-state index contributed by atoms with van der Waals surface area (Å²) in [5, 5.41) is 6.42. The van der Waals surface area contributed by atoms with Crippen molar-refractivity contribution >= 4 is 17.5 Å². The molecule has 1 amide bonds. The van der Waals surface area contributed by atoms with E-state index in [4.69, 9.17) is 11.6 Å². The van der Waals surface area contributed by atoms with Crippen LogP contribution in [0.25, 0.3) is 0 Å². The second-order valence-corrected chi connectivity index (χ2v) is 4.23. The zero-order valence-electron chi connectivity index (χ0n) is 8.59. The molecule has 5 heteroatoms. The Balaban J connectivity index is 1.94. The zero-order valence-corrected chi connectivity index (χ0v) is 9.35. The van der Waals surface area contributed by atoms with Crippen LogP contribution in [0.2, 0.25) is 5.02 Å². The van der Waals surface area contributed by atoms with Crippen molar-refractivity contribution in [2.24, 2.45) is 0 Å². The second-order valence-electron chi connectivity index (χ2n) is 3.82. The summed E-state index contributed by atoms with van der Waals surface area (Å²) in [7, 11) is 0. The number of rotatable bonds is 3. The molecule has 0 spiro atoms. The van der Waals surface area contributed by atoms with Gasteiger partial charge in [0, 0.05) is 30.6 Å². The molecule has 1 atom stereocenters. The molecule has 0 saturated carbocycles. The van der Waals surface area contributed by atoms with Crippen LogP contribution < -0.4 is 10.6 Å².